The molecule has 1 nitrogen and oxygen atoms in total. The summed E-state index contributed by atoms with van der Waals surface area (Å²) in [6, 6.07) is 13.7. The molecule has 0 bridgehead atoms. The zero-order valence-electron chi connectivity index (χ0n) is 11.6. The third-order valence-electron chi connectivity index (χ3n) is 4.07. The second kappa shape index (κ2) is 6.88. The van der Waals surface area contributed by atoms with Crippen LogP contribution < -0.4 is 0 Å². The molecule has 3 heteroatoms. The molecule has 0 unspecified atom stereocenters. The van der Waals surface area contributed by atoms with Gasteiger partial charge < -0.3 is 0 Å². The van der Waals surface area contributed by atoms with Crippen molar-refractivity contribution in [1.29, 1.82) is 0 Å². The van der Waals surface area contributed by atoms with Crippen LogP contribution in [-0.2, 0) is 6.54 Å². The van der Waals surface area contributed by atoms with Crippen LogP contribution in [0.1, 0.15) is 42.2 Å². The molecule has 0 aliphatic carbocycles. The van der Waals surface area contributed by atoms with Crippen LogP contribution in [0.15, 0.2) is 46.3 Å². The van der Waals surface area contributed by atoms with E-state index in [1.165, 1.54) is 47.1 Å². The maximum absolute atomic E-state index is 3.69. The minimum absolute atomic E-state index is 0.601. The van der Waals surface area contributed by atoms with Gasteiger partial charge in [-0.05, 0) is 42.5 Å². The highest BCUT2D eigenvalue weighted by molar-refractivity contribution is 9.10. The Hall–Kier alpha value is -0.640. The van der Waals surface area contributed by atoms with Crippen LogP contribution in [0, 0.1) is 0 Å². The van der Waals surface area contributed by atoms with E-state index in [1.54, 1.807) is 0 Å². The minimum Gasteiger partial charge on any atom is -0.291 e. The van der Waals surface area contributed by atoms with E-state index in [2.05, 4.69) is 62.6 Å². The lowest BCUT2D eigenvalue weighted by molar-refractivity contribution is 0.195. The van der Waals surface area contributed by atoms with Crippen molar-refractivity contribution in [2.45, 2.75) is 38.3 Å². The number of halogens is 1. The Bertz CT molecular complexity index is 538. The van der Waals surface area contributed by atoms with Crippen LogP contribution in [0.2, 0.25) is 0 Å². The van der Waals surface area contributed by atoms with Gasteiger partial charge in [0.15, 0.2) is 0 Å². The first-order valence-electron chi connectivity index (χ1n) is 7.35. The molecule has 0 spiro atoms. The van der Waals surface area contributed by atoms with Crippen molar-refractivity contribution in [3.63, 3.8) is 0 Å². The zero-order chi connectivity index (χ0) is 13.8. The molecule has 0 amide bonds. The van der Waals surface area contributed by atoms with Gasteiger partial charge in [0.05, 0.1) is 0 Å². The van der Waals surface area contributed by atoms with Crippen LogP contribution in [0.25, 0.3) is 0 Å². The summed E-state index contributed by atoms with van der Waals surface area (Å²) in [5.74, 6) is 0. The average molecular weight is 350 g/mol. The molecule has 106 valence electrons. The van der Waals surface area contributed by atoms with Gasteiger partial charge in [-0.25, -0.2) is 0 Å². The standard InChI is InChI=1S/C17H20BrNS/c18-15-8-4-3-7-14(15)13-19-11-5-1-2-9-16(19)17-10-6-12-20-17/h3-4,6-8,10,12,16H,1-2,5,9,11,13H2/t16-/m1/s1. The lowest BCUT2D eigenvalue weighted by Gasteiger charge is -2.29. The van der Waals surface area contributed by atoms with Crippen LogP contribution in [0.5, 0.6) is 0 Å². The van der Waals surface area contributed by atoms with Gasteiger partial charge in [-0.3, -0.25) is 4.90 Å². The molecule has 3 rings (SSSR count). The molecule has 0 N–H and O–H groups in total. The third kappa shape index (κ3) is 3.33. The molecule has 0 saturated carbocycles. The normalized spacial score (nSPS) is 20.8. The van der Waals surface area contributed by atoms with Crippen molar-refractivity contribution in [3.8, 4) is 0 Å². The maximum Gasteiger partial charge on any atom is 0.0445 e. The van der Waals surface area contributed by atoms with E-state index < -0.39 is 0 Å². The van der Waals surface area contributed by atoms with E-state index in [4.69, 9.17) is 0 Å². The molecule has 1 saturated heterocycles. The van der Waals surface area contributed by atoms with Crippen LogP contribution in [0.4, 0.5) is 0 Å². The van der Waals surface area contributed by atoms with Crippen molar-refractivity contribution < 1.29 is 0 Å². The highest BCUT2D eigenvalue weighted by atomic mass is 79.9. The fourth-order valence-corrected chi connectivity index (χ4v) is 4.31. The maximum atomic E-state index is 3.69. The summed E-state index contributed by atoms with van der Waals surface area (Å²) < 4.78 is 1.23. The van der Waals surface area contributed by atoms with Crippen molar-refractivity contribution in [3.05, 3.63) is 56.7 Å². The second-order valence-corrected chi connectivity index (χ2v) is 7.28. The van der Waals surface area contributed by atoms with Crippen LogP contribution in [0.3, 0.4) is 0 Å². The molecule has 1 aliphatic heterocycles. The Morgan fingerprint density at radius 2 is 2.00 bits per heavy atom. The topological polar surface area (TPSA) is 3.24 Å². The zero-order valence-corrected chi connectivity index (χ0v) is 14.0. The fraction of sp³-hybridized carbons (Fsp3) is 0.412. The molecule has 1 aromatic heterocycles. The van der Waals surface area contributed by atoms with E-state index in [9.17, 15) is 0 Å². The number of thiophene rings is 1. The van der Waals surface area contributed by atoms with E-state index in [0.717, 1.165) is 6.54 Å². The summed E-state index contributed by atoms with van der Waals surface area (Å²) in [5, 5.41) is 2.21. The summed E-state index contributed by atoms with van der Waals surface area (Å²) >= 11 is 5.59. The number of rotatable bonds is 3. The summed E-state index contributed by atoms with van der Waals surface area (Å²) in [4.78, 5) is 4.19. The molecule has 1 fully saturated rings. The molecule has 2 aromatic rings. The van der Waals surface area contributed by atoms with Gasteiger partial charge >= 0.3 is 0 Å². The van der Waals surface area contributed by atoms with Gasteiger partial charge in [0.25, 0.3) is 0 Å². The lowest BCUT2D eigenvalue weighted by atomic mass is 10.1. The number of likely N-dealkylation sites (tertiary alicyclic amines) is 1. The Balaban J connectivity index is 1.82. The van der Waals surface area contributed by atoms with Gasteiger partial charge in [-0.2, -0.15) is 0 Å². The Kier molecular flexibility index (Phi) is 4.92. The van der Waals surface area contributed by atoms with Crippen molar-refractivity contribution >= 4 is 27.3 Å². The Morgan fingerprint density at radius 3 is 2.80 bits per heavy atom. The Labute approximate surface area is 133 Å². The first kappa shape index (κ1) is 14.3. The first-order chi connectivity index (χ1) is 9.84. The Morgan fingerprint density at radius 1 is 1.10 bits per heavy atom. The summed E-state index contributed by atoms with van der Waals surface area (Å²) in [6.07, 6.45) is 5.35. The fourth-order valence-electron chi connectivity index (χ4n) is 3.01. The van der Waals surface area contributed by atoms with Gasteiger partial charge in [-0.15, -0.1) is 11.3 Å². The predicted octanol–water partition coefficient (Wildman–Crippen LogP) is 5.63. The summed E-state index contributed by atoms with van der Waals surface area (Å²) in [7, 11) is 0. The van der Waals surface area contributed by atoms with E-state index in [0.29, 0.717) is 6.04 Å². The van der Waals surface area contributed by atoms with Crippen molar-refractivity contribution in [2.75, 3.05) is 6.54 Å². The number of hydrogen-bond acceptors (Lipinski definition) is 2. The molecular weight excluding hydrogens is 330 g/mol. The van der Waals surface area contributed by atoms with E-state index in [-0.39, 0.29) is 0 Å². The van der Waals surface area contributed by atoms with E-state index in [1.807, 2.05) is 11.3 Å². The highest BCUT2D eigenvalue weighted by Gasteiger charge is 2.23. The molecule has 0 radical (unpaired) electrons. The quantitative estimate of drug-likeness (QED) is 0.694. The molecule has 1 atom stereocenters. The smallest absolute Gasteiger partial charge is 0.0445 e. The van der Waals surface area contributed by atoms with Gasteiger partial charge in [0.1, 0.15) is 0 Å². The van der Waals surface area contributed by atoms with Gasteiger partial charge in [0, 0.05) is 21.9 Å². The molecule has 1 aromatic carbocycles. The molecule has 20 heavy (non-hydrogen) atoms. The van der Waals surface area contributed by atoms with Crippen molar-refractivity contribution in [2.24, 2.45) is 0 Å². The van der Waals surface area contributed by atoms with Crippen LogP contribution >= 0.6 is 27.3 Å². The van der Waals surface area contributed by atoms with Crippen molar-refractivity contribution in [1.82, 2.24) is 4.90 Å². The SMILES string of the molecule is Brc1ccccc1CN1CCCCC[C@@H]1c1cccs1. The lowest BCUT2D eigenvalue weighted by Crippen LogP contribution is -2.27. The predicted molar refractivity (Wildman–Crippen MR) is 90.1 cm³/mol. The minimum atomic E-state index is 0.601. The van der Waals surface area contributed by atoms with Gasteiger partial charge in [-0.1, -0.05) is 53.0 Å². The average Bonchev–Trinajstić information content (AvgIpc) is 2.89. The monoisotopic (exact) mass is 349 g/mol. The second-order valence-electron chi connectivity index (χ2n) is 5.44. The number of nitrogens with zero attached hydrogens (tertiary/aromatic N) is 1. The van der Waals surface area contributed by atoms with Gasteiger partial charge in [0.2, 0.25) is 0 Å². The summed E-state index contributed by atoms with van der Waals surface area (Å²) in [5.41, 5.74) is 1.40. The largest absolute Gasteiger partial charge is 0.291 e. The molecule has 2 heterocycles. The summed E-state index contributed by atoms with van der Waals surface area (Å²) in [6.45, 7) is 2.26. The van der Waals surface area contributed by atoms with Crippen LogP contribution in [-0.4, -0.2) is 11.4 Å². The van der Waals surface area contributed by atoms with E-state index >= 15 is 0 Å². The number of benzene rings is 1. The highest BCUT2D eigenvalue weighted by Crippen LogP contribution is 2.34. The third-order valence-corrected chi connectivity index (χ3v) is 5.81. The first-order valence-corrected chi connectivity index (χ1v) is 9.03. The molecule has 1 aliphatic rings. The number of hydrogen-bond donors (Lipinski definition) is 0. The molecular formula is C17H20BrNS.